The number of halogens is 4. The van der Waals surface area contributed by atoms with Crippen LogP contribution in [-0.4, -0.2) is 17.8 Å². The van der Waals surface area contributed by atoms with Crippen molar-refractivity contribution >= 4 is 15.9 Å². The smallest absolute Gasteiger partial charge is 0.405 e. The van der Waals surface area contributed by atoms with Gasteiger partial charge in [0.25, 0.3) is 0 Å². The van der Waals surface area contributed by atoms with Gasteiger partial charge in [-0.25, -0.2) is 0 Å². The van der Waals surface area contributed by atoms with E-state index in [0.29, 0.717) is 25.2 Å². The average Bonchev–Trinajstić information content (AvgIpc) is 2.61. The first-order valence-electron chi connectivity index (χ1n) is 8.82. The predicted molar refractivity (Wildman–Crippen MR) is 109 cm³/mol. The van der Waals surface area contributed by atoms with Crippen molar-refractivity contribution in [2.45, 2.75) is 26.1 Å². The molecule has 0 saturated carbocycles. The highest BCUT2D eigenvalue weighted by molar-refractivity contribution is 9.10. The molecule has 0 fully saturated rings. The molecule has 2 aliphatic rings. The summed E-state index contributed by atoms with van der Waals surface area (Å²) in [5.74, 6) is 0.273. The van der Waals surface area contributed by atoms with Crippen LogP contribution in [0.1, 0.15) is 18.9 Å². The van der Waals surface area contributed by atoms with Gasteiger partial charge in [-0.3, -0.25) is 0 Å². The van der Waals surface area contributed by atoms with Crippen LogP contribution in [0, 0.1) is 0 Å². The summed E-state index contributed by atoms with van der Waals surface area (Å²) in [7, 11) is 0. The Morgan fingerprint density at radius 1 is 1.21 bits per heavy atom. The molecule has 3 nitrogen and oxygen atoms in total. The fourth-order valence-electron chi connectivity index (χ4n) is 3.03. The van der Waals surface area contributed by atoms with Crippen molar-refractivity contribution in [3.05, 3.63) is 92.4 Å². The standard InChI is InChI=1S/C22H18BrF3N2O/c1-15-7-6-9-17-8-4-2-3-5-12-28(17)21(27)18(15)13-16-10-11-20(19(23)14-16)29-22(24,25)26/h2,4-6,10-11,14H,9,12-13,27H2,1H3. The summed E-state index contributed by atoms with van der Waals surface area (Å²) < 4.78 is 41.7. The Morgan fingerprint density at radius 2 is 2.00 bits per heavy atom. The van der Waals surface area contributed by atoms with Crippen LogP contribution < -0.4 is 10.5 Å². The van der Waals surface area contributed by atoms with Gasteiger partial charge in [0.1, 0.15) is 11.6 Å². The van der Waals surface area contributed by atoms with Gasteiger partial charge < -0.3 is 15.4 Å². The number of nitrogens with two attached hydrogens (primary N) is 1. The van der Waals surface area contributed by atoms with E-state index in [1.165, 1.54) is 6.07 Å². The molecular weight excluding hydrogens is 445 g/mol. The van der Waals surface area contributed by atoms with E-state index in [-0.39, 0.29) is 10.2 Å². The Labute approximate surface area is 175 Å². The van der Waals surface area contributed by atoms with Crippen molar-refractivity contribution in [3.63, 3.8) is 0 Å². The Morgan fingerprint density at radius 3 is 2.72 bits per heavy atom. The Kier molecular flexibility index (Phi) is 6.26. The normalized spacial score (nSPS) is 16.5. The lowest BCUT2D eigenvalue weighted by Gasteiger charge is -2.28. The number of benzene rings is 1. The van der Waals surface area contributed by atoms with Crippen LogP contribution in [0.15, 0.2) is 86.8 Å². The molecule has 2 aliphatic heterocycles. The molecular formula is C22H18BrF3N2O. The number of nitrogens with zero attached hydrogens (tertiary/aromatic N) is 1. The van der Waals surface area contributed by atoms with Gasteiger partial charge in [-0.05, 0) is 70.4 Å². The lowest BCUT2D eigenvalue weighted by atomic mass is 9.97. The number of ether oxygens (including phenoxy) is 1. The van der Waals surface area contributed by atoms with Crippen LogP contribution in [0.4, 0.5) is 13.2 Å². The monoisotopic (exact) mass is 462 g/mol. The van der Waals surface area contributed by atoms with Crippen LogP contribution in [0.25, 0.3) is 0 Å². The second kappa shape index (κ2) is 8.69. The molecule has 0 spiro atoms. The van der Waals surface area contributed by atoms with Gasteiger partial charge in [0.2, 0.25) is 0 Å². The van der Waals surface area contributed by atoms with Crippen LogP contribution in [0.5, 0.6) is 5.75 Å². The number of fused-ring (bicyclic) bond motifs is 1. The highest BCUT2D eigenvalue weighted by Crippen LogP contribution is 2.33. The van der Waals surface area contributed by atoms with E-state index >= 15 is 0 Å². The number of hydrogen-bond acceptors (Lipinski definition) is 3. The van der Waals surface area contributed by atoms with Gasteiger partial charge in [-0.1, -0.05) is 11.8 Å². The van der Waals surface area contributed by atoms with Crippen LogP contribution in [0.3, 0.4) is 0 Å². The molecule has 1 aromatic carbocycles. The third-order valence-electron chi connectivity index (χ3n) is 4.42. The molecule has 0 aliphatic carbocycles. The van der Waals surface area contributed by atoms with Crippen molar-refractivity contribution in [1.82, 2.24) is 4.90 Å². The number of hydrogen-bond donors (Lipinski definition) is 1. The molecule has 150 valence electrons. The van der Waals surface area contributed by atoms with Gasteiger partial charge in [-0.15, -0.1) is 24.6 Å². The molecule has 3 rings (SSSR count). The highest BCUT2D eigenvalue weighted by atomic mass is 79.9. The zero-order chi connectivity index (χ0) is 21.0. The first kappa shape index (κ1) is 20.9. The maximum absolute atomic E-state index is 12.5. The molecule has 0 bridgehead atoms. The molecule has 7 heteroatoms. The molecule has 0 saturated heterocycles. The predicted octanol–water partition coefficient (Wildman–Crippen LogP) is 5.63. The van der Waals surface area contributed by atoms with Gasteiger partial charge in [0, 0.05) is 18.4 Å². The first-order chi connectivity index (χ1) is 13.7. The van der Waals surface area contributed by atoms with Gasteiger partial charge in [0.05, 0.1) is 16.7 Å². The largest absolute Gasteiger partial charge is 0.573 e. The van der Waals surface area contributed by atoms with E-state index in [2.05, 4.69) is 37.9 Å². The SMILES string of the molecule is CC1=C=CCC2=C=CC=C=CCN2C(N)=C1Cc1ccc(OC(F)(F)F)c(Br)c1. The van der Waals surface area contributed by atoms with E-state index in [1.54, 1.807) is 24.3 Å². The summed E-state index contributed by atoms with van der Waals surface area (Å²) in [5, 5.41) is 0. The maximum Gasteiger partial charge on any atom is 0.573 e. The first-order valence-corrected chi connectivity index (χ1v) is 9.61. The Bertz CT molecular complexity index is 1050. The van der Waals surface area contributed by atoms with Crippen LogP contribution in [-0.2, 0) is 6.42 Å². The number of alkyl halides is 3. The second-order valence-electron chi connectivity index (χ2n) is 6.44. The van der Waals surface area contributed by atoms with Crippen molar-refractivity contribution in [2.24, 2.45) is 5.73 Å². The third kappa shape index (κ3) is 5.38. The summed E-state index contributed by atoms with van der Waals surface area (Å²) in [6.45, 7) is 2.46. The molecule has 0 unspecified atom stereocenters. The fourth-order valence-corrected chi connectivity index (χ4v) is 3.54. The minimum Gasteiger partial charge on any atom is -0.405 e. The highest BCUT2D eigenvalue weighted by Gasteiger charge is 2.32. The van der Waals surface area contributed by atoms with Crippen molar-refractivity contribution in [3.8, 4) is 5.75 Å². The molecule has 1 aromatic rings. The number of allylic oxidation sites excluding steroid dienone is 2. The topological polar surface area (TPSA) is 38.5 Å². The maximum atomic E-state index is 12.5. The van der Waals surface area contributed by atoms with Gasteiger partial charge in [-0.2, -0.15) is 0 Å². The van der Waals surface area contributed by atoms with E-state index in [4.69, 9.17) is 5.73 Å². The van der Waals surface area contributed by atoms with Crippen molar-refractivity contribution in [2.75, 3.05) is 6.54 Å². The van der Waals surface area contributed by atoms with Gasteiger partial charge >= 0.3 is 6.36 Å². The zero-order valence-corrected chi connectivity index (χ0v) is 17.2. The zero-order valence-electron chi connectivity index (χ0n) is 15.6. The van der Waals surface area contributed by atoms with Crippen molar-refractivity contribution < 1.29 is 17.9 Å². The molecule has 0 radical (unpaired) electrons. The van der Waals surface area contributed by atoms with Crippen LogP contribution in [0.2, 0.25) is 0 Å². The minimum absolute atomic E-state index is 0.220. The lowest BCUT2D eigenvalue weighted by Crippen LogP contribution is -2.30. The van der Waals surface area contributed by atoms with E-state index in [9.17, 15) is 13.2 Å². The van der Waals surface area contributed by atoms with E-state index in [0.717, 1.165) is 22.4 Å². The van der Waals surface area contributed by atoms with E-state index < -0.39 is 6.36 Å². The molecule has 2 heterocycles. The molecule has 0 atom stereocenters. The summed E-state index contributed by atoms with van der Waals surface area (Å²) in [4.78, 5) is 1.96. The average molecular weight is 463 g/mol. The summed E-state index contributed by atoms with van der Waals surface area (Å²) in [5.41, 5.74) is 19.4. The minimum atomic E-state index is -4.75. The second-order valence-corrected chi connectivity index (χ2v) is 7.29. The van der Waals surface area contributed by atoms with Crippen LogP contribution >= 0.6 is 15.9 Å². The fraction of sp³-hybridized carbons (Fsp3) is 0.227. The van der Waals surface area contributed by atoms with Gasteiger partial charge in [0.15, 0.2) is 0 Å². The number of rotatable bonds is 3. The molecule has 2 N–H and O–H groups in total. The lowest BCUT2D eigenvalue weighted by molar-refractivity contribution is -0.274. The summed E-state index contributed by atoms with van der Waals surface area (Å²) in [6, 6.07) is 4.48. The molecule has 0 amide bonds. The quantitative estimate of drug-likeness (QED) is 0.591. The third-order valence-corrected chi connectivity index (χ3v) is 5.04. The van der Waals surface area contributed by atoms with Crippen molar-refractivity contribution in [1.29, 1.82) is 0 Å². The van der Waals surface area contributed by atoms with E-state index in [1.807, 2.05) is 24.0 Å². The molecule has 0 aromatic heterocycles. The molecule has 29 heavy (non-hydrogen) atoms. The summed E-state index contributed by atoms with van der Waals surface area (Å²) >= 11 is 3.15. The summed E-state index contributed by atoms with van der Waals surface area (Å²) in [6.07, 6.45) is 3.70. The Balaban J connectivity index is 1.98. The Hall–Kier alpha value is -2.81.